The zero-order valence-corrected chi connectivity index (χ0v) is 18.5. The molecule has 0 atom stereocenters. The highest BCUT2D eigenvalue weighted by Crippen LogP contribution is 2.37. The Kier molecular flexibility index (Phi) is 5.07. The number of ketones is 1. The topological polar surface area (TPSA) is 29.8 Å². The standard InChI is InChI=1S/C29H19BF2O3/c31-30(32)34-25-16-15-21-9-7-8-14-24(21)29(25)28(35-30)19-20-17-26(22-10-3-1-4-11-22)33-27(18-20)23-12-5-2-6-13-23/h1-19H. The Bertz CT molecular complexity index is 1500. The highest BCUT2D eigenvalue weighted by atomic mass is 19.3. The SMILES string of the molecule is F[B-]1(F)Oc2ccc3ccccc3c2C(C=C2C=C(c3ccccc3)OC(c3ccccc3)=C2)=[O+]1. The molecule has 0 saturated heterocycles. The zero-order valence-electron chi connectivity index (χ0n) is 18.5. The van der Waals surface area contributed by atoms with Crippen molar-refractivity contribution in [1.29, 1.82) is 0 Å². The maximum Gasteiger partial charge on any atom is 0.995 e. The maximum absolute atomic E-state index is 14.5. The minimum Gasteiger partial charge on any atom is -0.569 e. The summed E-state index contributed by atoms with van der Waals surface area (Å²) < 4.78 is 45.3. The molecule has 4 aromatic rings. The van der Waals surface area contributed by atoms with Crippen molar-refractivity contribution >= 4 is 35.2 Å². The third-order valence-electron chi connectivity index (χ3n) is 5.90. The second-order valence-electron chi connectivity index (χ2n) is 8.29. The molecule has 6 heteroatoms. The Morgan fingerprint density at radius 2 is 1.29 bits per heavy atom. The molecular formula is C29H19BF2O3. The van der Waals surface area contributed by atoms with Gasteiger partial charge in [-0.3, -0.25) is 0 Å². The molecule has 0 fully saturated rings. The third-order valence-corrected chi connectivity index (χ3v) is 5.90. The lowest BCUT2D eigenvalue weighted by molar-refractivity contribution is -0.180. The first-order valence-electron chi connectivity index (χ1n) is 11.3. The molecular weight excluding hydrogens is 445 g/mol. The normalized spacial score (nSPS) is 16.3. The molecule has 0 radical (unpaired) electrons. The quantitative estimate of drug-likeness (QED) is 0.180. The molecule has 0 aliphatic carbocycles. The van der Waals surface area contributed by atoms with Crippen LogP contribution in [-0.2, 0) is 4.74 Å². The molecule has 0 N–H and O–H groups in total. The molecule has 0 saturated carbocycles. The fourth-order valence-electron chi connectivity index (χ4n) is 4.33. The summed E-state index contributed by atoms with van der Waals surface area (Å²) in [7, 11) is -4.51. The molecule has 0 unspecified atom stereocenters. The van der Waals surface area contributed by atoms with Crippen LogP contribution in [-0.4, -0.2) is 12.9 Å². The van der Waals surface area contributed by atoms with Crippen molar-refractivity contribution in [3.05, 3.63) is 138 Å². The van der Waals surface area contributed by atoms with Gasteiger partial charge in [-0.25, -0.2) is 0 Å². The van der Waals surface area contributed by atoms with E-state index in [1.807, 2.05) is 97.1 Å². The largest absolute Gasteiger partial charge is 0.995 e. The number of carbonyl (C=O) groups excluding carboxylic acids is 1. The van der Waals surface area contributed by atoms with E-state index in [1.54, 1.807) is 18.2 Å². The van der Waals surface area contributed by atoms with Gasteiger partial charge in [0.2, 0.25) is 0 Å². The van der Waals surface area contributed by atoms with Gasteiger partial charge in [0.1, 0.15) is 17.1 Å². The van der Waals surface area contributed by atoms with Gasteiger partial charge >= 0.3 is 7.11 Å². The van der Waals surface area contributed by atoms with Crippen LogP contribution >= 0.6 is 0 Å². The van der Waals surface area contributed by atoms with E-state index in [2.05, 4.69) is 0 Å². The number of allylic oxidation sites excluding steroid dienone is 4. The Morgan fingerprint density at radius 1 is 0.686 bits per heavy atom. The summed E-state index contributed by atoms with van der Waals surface area (Å²) in [5.74, 6) is 1.37. The van der Waals surface area contributed by atoms with Gasteiger partial charge in [0.25, 0.3) is 5.78 Å². The summed E-state index contributed by atoms with van der Waals surface area (Å²) in [6.07, 6.45) is 5.27. The number of rotatable bonds is 3. The van der Waals surface area contributed by atoms with E-state index in [-0.39, 0.29) is 11.5 Å². The Labute approximate surface area is 201 Å². The van der Waals surface area contributed by atoms with Crippen LogP contribution < -0.4 is 4.65 Å². The maximum atomic E-state index is 14.5. The van der Waals surface area contributed by atoms with Crippen LogP contribution in [0.3, 0.4) is 0 Å². The molecule has 3 nitrogen and oxygen atoms in total. The van der Waals surface area contributed by atoms with E-state index in [0.717, 1.165) is 21.9 Å². The van der Waals surface area contributed by atoms with Crippen LogP contribution in [0.4, 0.5) is 8.63 Å². The summed E-state index contributed by atoms with van der Waals surface area (Å²) in [6.45, 7) is 0. The van der Waals surface area contributed by atoms with E-state index < -0.39 is 7.11 Å². The number of benzene rings is 4. The van der Waals surface area contributed by atoms with E-state index in [4.69, 9.17) is 13.7 Å². The van der Waals surface area contributed by atoms with E-state index in [9.17, 15) is 8.63 Å². The lowest BCUT2D eigenvalue weighted by Gasteiger charge is -2.22. The van der Waals surface area contributed by atoms with E-state index in [1.165, 1.54) is 0 Å². The highest BCUT2D eigenvalue weighted by Gasteiger charge is 2.54. The summed E-state index contributed by atoms with van der Waals surface area (Å²) >= 11 is 0. The second-order valence-corrected chi connectivity index (χ2v) is 8.29. The van der Waals surface area contributed by atoms with Crippen molar-refractivity contribution in [2.45, 2.75) is 0 Å². The van der Waals surface area contributed by atoms with Gasteiger partial charge in [-0.05, 0) is 29.2 Å². The monoisotopic (exact) mass is 464 g/mol. The molecule has 0 aromatic heterocycles. The Balaban J connectivity index is 1.54. The van der Waals surface area contributed by atoms with Crippen LogP contribution in [0.1, 0.15) is 21.0 Å². The smallest absolute Gasteiger partial charge is 0.569 e. The van der Waals surface area contributed by atoms with Gasteiger partial charge in [-0.15, -0.1) is 0 Å². The van der Waals surface area contributed by atoms with Crippen LogP contribution in [0.15, 0.2) is 121 Å². The summed E-state index contributed by atoms with van der Waals surface area (Å²) in [6, 6.07) is 30.2. The second kappa shape index (κ2) is 8.40. The lowest BCUT2D eigenvalue weighted by Crippen LogP contribution is -2.35. The van der Waals surface area contributed by atoms with Gasteiger partial charge in [-0.1, -0.05) is 91.0 Å². The average molecular weight is 464 g/mol. The number of hydrogen-bond acceptors (Lipinski definition) is 2. The van der Waals surface area contributed by atoms with Gasteiger partial charge < -0.3 is 22.4 Å². The molecule has 0 spiro atoms. The number of halogens is 2. The predicted octanol–water partition coefficient (Wildman–Crippen LogP) is 7.36. The van der Waals surface area contributed by atoms with Gasteiger partial charge in [0, 0.05) is 22.6 Å². The van der Waals surface area contributed by atoms with Crippen molar-refractivity contribution in [3.8, 4) is 5.75 Å². The predicted molar refractivity (Wildman–Crippen MR) is 135 cm³/mol. The molecule has 0 bridgehead atoms. The van der Waals surface area contributed by atoms with Crippen molar-refractivity contribution in [1.82, 2.24) is 0 Å². The minimum atomic E-state index is -4.51. The van der Waals surface area contributed by atoms with Crippen LogP contribution in [0, 0.1) is 0 Å². The van der Waals surface area contributed by atoms with E-state index in [0.29, 0.717) is 22.7 Å². The molecule has 170 valence electrons. The fraction of sp³-hybridized carbons (Fsp3) is 0. The van der Waals surface area contributed by atoms with E-state index >= 15 is 0 Å². The molecule has 0 amide bonds. The van der Waals surface area contributed by atoms with Gasteiger partial charge in [0.05, 0.1) is 5.75 Å². The zero-order chi connectivity index (χ0) is 23.8. The number of hydrogen-bond donors (Lipinski definition) is 0. The molecule has 35 heavy (non-hydrogen) atoms. The Morgan fingerprint density at radius 3 is 1.94 bits per heavy atom. The Hall–Kier alpha value is -4.45. The van der Waals surface area contributed by atoms with Crippen LogP contribution in [0.25, 0.3) is 22.3 Å². The van der Waals surface area contributed by atoms with Gasteiger partial charge in [-0.2, -0.15) is 0 Å². The van der Waals surface area contributed by atoms with Crippen LogP contribution in [0.5, 0.6) is 5.75 Å². The first-order chi connectivity index (χ1) is 17.1. The summed E-state index contributed by atoms with van der Waals surface area (Å²) in [5.41, 5.74) is 2.91. The lowest BCUT2D eigenvalue weighted by atomic mass is 9.95. The fourth-order valence-corrected chi connectivity index (χ4v) is 4.33. The molecule has 2 heterocycles. The van der Waals surface area contributed by atoms with Crippen molar-refractivity contribution in [2.24, 2.45) is 0 Å². The van der Waals surface area contributed by atoms with Crippen molar-refractivity contribution in [2.75, 3.05) is 0 Å². The first kappa shape index (κ1) is 21.1. The summed E-state index contributed by atoms with van der Waals surface area (Å²) in [4.78, 5) is 0. The third kappa shape index (κ3) is 4.15. The first-order valence-corrected chi connectivity index (χ1v) is 11.3. The van der Waals surface area contributed by atoms with Crippen molar-refractivity contribution in [3.63, 3.8) is 0 Å². The van der Waals surface area contributed by atoms with Gasteiger partial charge in [0.15, 0.2) is 0 Å². The number of fused-ring (bicyclic) bond motifs is 3. The average Bonchev–Trinajstić information content (AvgIpc) is 2.88. The van der Waals surface area contributed by atoms with Crippen LogP contribution in [0.2, 0.25) is 0 Å². The molecule has 2 aliphatic rings. The molecule has 6 rings (SSSR count). The summed E-state index contributed by atoms with van der Waals surface area (Å²) in [5, 5.41) is 1.68. The number of ether oxygens (including phenoxy) is 1. The molecule has 2 aliphatic heterocycles. The highest BCUT2D eigenvalue weighted by molar-refractivity contribution is 6.52. The molecule has 4 aromatic carbocycles. The van der Waals surface area contributed by atoms with Crippen molar-refractivity contribution < 1.29 is 22.4 Å². The minimum absolute atomic E-state index is 0.0530.